The summed E-state index contributed by atoms with van der Waals surface area (Å²) in [6, 6.07) is 0. The molecule has 0 radical (unpaired) electrons. The van der Waals surface area contributed by atoms with Gasteiger partial charge in [0.25, 0.3) is 0 Å². The number of rotatable bonds is 1. The minimum atomic E-state index is -0.700. The normalized spacial score (nSPS) is 52.1. The summed E-state index contributed by atoms with van der Waals surface area (Å²) in [5.74, 6) is 1.91. The molecule has 7 atom stereocenters. The molecule has 23 heavy (non-hydrogen) atoms. The molecule has 0 unspecified atom stereocenters. The van der Waals surface area contributed by atoms with E-state index in [1.54, 1.807) is 0 Å². The van der Waals surface area contributed by atoms with Gasteiger partial charge in [-0.15, -0.1) is 0 Å². The Morgan fingerprint density at radius 3 is 2.65 bits per heavy atom. The number of carboxylic acid groups (broad SMARTS) is 1. The lowest BCUT2D eigenvalue weighted by molar-refractivity contribution is -0.138. The molecule has 0 aromatic heterocycles. The first-order valence-corrected chi connectivity index (χ1v) is 9.48. The molecule has 0 bridgehead atoms. The van der Waals surface area contributed by atoms with Crippen LogP contribution in [0.2, 0.25) is 0 Å². The molecular weight excluding hydrogens is 288 g/mol. The fraction of sp³-hybridized carbons (Fsp3) is 0.850. The molecule has 3 nitrogen and oxygen atoms in total. The Bertz CT molecular complexity index is 553. The van der Waals surface area contributed by atoms with Crippen molar-refractivity contribution < 1.29 is 15.0 Å². The second-order valence-electron chi connectivity index (χ2n) is 9.20. The first-order valence-electron chi connectivity index (χ1n) is 9.48. The fourth-order valence-electron chi connectivity index (χ4n) is 7.13. The Morgan fingerprint density at radius 2 is 1.91 bits per heavy atom. The van der Waals surface area contributed by atoms with Gasteiger partial charge in [-0.3, -0.25) is 0 Å². The van der Waals surface area contributed by atoms with Crippen molar-refractivity contribution in [3.8, 4) is 0 Å². The Balaban J connectivity index is 1.62. The predicted octanol–water partition coefficient (Wildman–Crippen LogP) is 4.01. The maximum atomic E-state index is 11.7. The lowest BCUT2D eigenvalue weighted by Gasteiger charge is -2.60. The molecule has 0 heterocycles. The van der Waals surface area contributed by atoms with Crippen LogP contribution in [0.5, 0.6) is 0 Å². The lowest BCUT2D eigenvalue weighted by atomic mass is 9.44. The van der Waals surface area contributed by atoms with Gasteiger partial charge in [0.15, 0.2) is 0 Å². The number of aliphatic hydroxyl groups excluding tert-OH is 1. The van der Waals surface area contributed by atoms with E-state index < -0.39 is 5.97 Å². The molecular formula is C20H30O3. The highest BCUT2D eigenvalue weighted by atomic mass is 16.4. The van der Waals surface area contributed by atoms with E-state index in [9.17, 15) is 15.0 Å². The van der Waals surface area contributed by atoms with Gasteiger partial charge in [-0.05, 0) is 80.5 Å². The van der Waals surface area contributed by atoms with Crippen LogP contribution in [-0.4, -0.2) is 22.3 Å². The third-order valence-corrected chi connectivity index (χ3v) is 8.45. The molecule has 4 rings (SSSR count). The van der Waals surface area contributed by atoms with Crippen LogP contribution in [0.4, 0.5) is 0 Å². The summed E-state index contributed by atoms with van der Waals surface area (Å²) in [5.41, 5.74) is 0.951. The number of carbonyl (C=O) groups is 1. The molecule has 0 aromatic rings. The molecule has 2 N–H and O–H groups in total. The second-order valence-corrected chi connectivity index (χ2v) is 9.20. The largest absolute Gasteiger partial charge is 0.478 e. The molecule has 3 fully saturated rings. The SMILES string of the molecule is C[C@]12CC[C@@H](O)C[C@H]1CC[C@@H]1[C@@H]2CC[C@]2(C)C(C(=O)O)=CC[C@@H]12. The maximum absolute atomic E-state index is 11.7. The summed E-state index contributed by atoms with van der Waals surface area (Å²) in [5, 5.41) is 19.7. The van der Waals surface area contributed by atoms with Gasteiger partial charge in [0, 0.05) is 11.0 Å². The van der Waals surface area contributed by atoms with E-state index in [1.165, 1.54) is 19.3 Å². The van der Waals surface area contributed by atoms with Crippen molar-refractivity contribution in [2.45, 2.75) is 71.3 Å². The average molecular weight is 318 g/mol. The first-order chi connectivity index (χ1) is 10.9. The van der Waals surface area contributed by atoms with E-state index in [0.29, 0.717) is 28.7 Å². The Kier molecular flexibility index (Phi) is 3.46. The number of aliphatic carboxylic acids is 1. The smallest absolute Gasteiger partial charge is 0.331 e. The standard InChI is InChI=1S/C20H30O3/c1-19-9-7-13(21)11-12(19)3-4-14-15-5-6-17(18(22)23)20(15,2)10-8-16(14)19/h6,12-16,21H,3-5,7-11H2,1-2H3,(H,22,23)/t12-,13-,14+,15+,16+,19+,20+/m1/s1. The Hall–Kier alpha value is -0.830. The summed E-state index contributed by atoms with van der Waals surface area (Å²) in [7, 11) is 0. The van der Waals surface area contributed by atoms with Gasteiger partial charge in [0.2, 0.25) is 0 Å². The number of hydrogen-bond acceptors (Lipinski definition) is 2. The number of aliphatic hydroxyl groups is 1. The van der Waals surface area contributed by atoms with Gasteiger partial charge in [-0.1, -0.05) is 19.9 Å². The topological polar surface area (TPSA) is 57.5 Å². The van der Waals surface area contributed by atoms with Gasteiger partial charge < -0.3 is 10.2 Å². The molecule has 3 heteroatoms. The van der Waals surface area contributed by atoms with Crippen LogP contribution in [0, 0.1) is 34.5 Å². The molecule has 0 amide bonds. The summed E-state index contributed by atoms with van der Waals surface area (Å²) < 4.78 is 0. The van der Waals surface area contributed by atoms with Crippen molar-refractivity contribution in [2.75, 3.05) is 0 Å². The van der Waals surface area contributed by atoms with Crippen LogP contribution in [-0.2, 0) is 4.79 Å². The van der Waals surface area contributed by atoms with Crippen molar-refractivity contribution in [2.24, 2.45) is 34.5 Å². The first kappa shape index (κ1) is 15.7. The summed E-state index contributed by atoms with van der Waals surface area (Å²) in [6.45, 7) is 4.68. The quantitative estimate of drug-likeness (QED) is 0.768. The lowest BCUT2D eigenvalue weighted by Crippen LogP contribution is -2.53. The van der Waals surface area contributed by atoms with Gasteiger partial charge in [0.05, 0.1) is 6.10 Å². The van der Waals surface area contributed by atoms with Crippen molar-refractivity contribution in [1.29, 1.82) is 0 Å². The van der Waals surface area contributed by atoms with Crippen LogP contribution in [0.15, 0.2) is 11.6 Å². The second kappa shape index (κ2) is 5.08. The van der Waals surface area contributed by atoms with Gasteiger partial charge in [-0.2, -0.15) is 0 Å². The predicted molar refractivity (Wildman–Crippen MR) is 88.8 cm³/mol. The monoisotopic (exact) mass is 318 g/mol. The van der Waals surface area contributed by atoms with Crippen LogP contribution >= 0.6 is 0 Å². The van der Waals surface area contributed by atoms with E-state index in [2.05, 4.69) is 13.8 Å². The Morgan fingerprint density at radius 1 is 1.13 bits per heavy atom. The van der Waals surface area contributed by atoms with Crippen LogP contribution in [0.3, 0.4) is 0 Å². The van der Waals surface area contributed by atoms with Crippen molar-refractivity contribution in [3.05, 3.63) is 11.6 Å². The molecule has 0 aromatic carbocycles. The number of hydrogen-bond donors (Lipinski definition) is 2. The van der Waals surface area contributed by atoms with Gasteiger partial charge >= 0.3 is 5.97 Å². The molecule has 4 aliphatic rings. The third-order valence-electron chi connectivity index (χ3n) is 8.45. The molecule has 0 aliphatic heterocycles. The van der Waals surface area contributed by atoms with Crippen molar-refractivity contribution >= 4 is 5.97 Å². The summed E-state index contributed by atoms with van der Waals surface area (Å²) >= 11 is 0. The number of fused-ring (bicyclic) bond motifs is 5. The Labute approximate surface area is 139 Å². The van der Waals surface area contributed by atoms with E-state index in [-0.39, 0.29) is 11.5 Å². The van der Waals surface area contributed by atoms with E-state index in [1.807, 2.05) is 6.08 Å². The average Bonchev–Trinajstić information content (AvgIpc) is 2.85. The summed E-state index contributed by atoms with van der Waals surface area (Å²) in [4.78, 5) is 11.7. The summed E-state index contributed by atoms with van der Waals surface area (Å²) in [6.07, 6.45) is 10.7. The molecule has 3 saturated carbocycles. The third kappa shape index (κ3) is 2.08. The van der Waals surface area contributed by atoms with Gasteiger partial charge in [0.1, 0.15) is 0 Å². The zero-order chi connectivity index (χ0) is 16.4. The van der Waals surface area contributed by atoms with E-state index in [0.717, 1.165) is 38.0 Å². The van der Waals surface area contributed by atoms with Crippen molar-refractivity contribution in [3.63, 3.8) is 0 Å². The number of carboxylic acids is 1. The van der Waals surface area contributed by atoms with Crippen LogP contribution in [0.1, 0.15) is 65.2 Å². The molecule has 4 aliphatic carbocycles. The molecule has 0 spiro atoms. The van der Waals surface area contributed by atoms with E-state index >= 15 is 0 Å². The van der Waals surface area contributed by atoms with Crippen LogP contribution in [0.25, 0.3) is 0 Å². The maximum Gasteiger partial charge on any atom is 0.331 e. The fourth-order valence-corrected chi connectivity index (χ4v) is 7.13. The minimum absolute atomic E-state index is 0.0924. The highest BCUT2D eigenvalue weighted by Crippen LogP contribution is 2.66. The highest BCUT2D eigenvalue weighted by Gasteiger charge is 2.59. The van der Waals surface area contributed by atoms with Crippen molar-refractivity contribution in [1.82, 2.24) is 0 Å². The number of allylic oxidation sites excluding steroid dienone is 1. The van der Waals surface area contributed by atoms with Crippen LogP contribution < -0.4 is 0 Å². The zero-order valence-corrected chi connectivity index (χ0v) is 14.4. The molecule has 0 saturated heterocycles. The van der Waals surface area contributed by atoms with Gasteiger partial charge in [-0.25, -0.2) is 4.79 Å². The minimum Gasteiger partial charge on any atom is -0.478 e. The zero-order valence-electron chi connectivity index (χ0n) is 14.4. The van der Waals surface area contributed by atoms with E-state index in [4.69, 9.17) is 0 Å². The molecule has 128 valence electrons. The highest BCUT2D eigenvalue weighted by molar-refractivity contribution is 5.89.